The predicted molar refractivity (Wildman–Crippen MR) is 114 cm³/mol. The van der Waals surface area contributed by atoms with Gasteiger partial charge in [0.25, 0.3) is 0 Å². The van der Waals surface area contributed by atoms with Crippen molar-refractivity contribution in [2.24, 2.45) is 5.73 Å². The van der Waals surface area contributed by atoms with E-state index < -0.39 is 5.97 Å². The van der Waals surface area contributed by atoms with Crippen LogP contribution in [0.25, 0.3) is 11.4 Å². The van der Waals surface area contributed by atoms with Gasteiger partial charge in [0, 0.05) is 35.7 Å². The van der Waals surface area contributed by atoms with E-state index in [1.54, 1.807) is 30.6 Å². The van der Waals surface area contributed by atoms with E-state index in [1.165, 1.54) is 30.3 Å². The van der Waals surface area contributed by atoms with E-state index in [0.717, 1.165) is 5.56 Å². The van der Waals surface area contributed by atoms with Crippen LogP contribution in [0.1, 0.15) is 15.9 Å². The van der Waals surface area contributed by atoms with Gasteiger partial charge in [-0.15, -0.1) is 0 Å². The Morgan fingerprint density at radius 2 is 1.81 bits per heavy atom. The molecule has 2 aromatic carbocycles. The van der Waals surface area contributed by atoms with Crippen molar-refractivity contribution in [2.45, 2.75) is 0 Å². The number of aromatic nitrogens is 3. The van der Waals surface area contributed by atoms with Gasteiger partial charge in [-0.25, -0.2) is 9.78 Å². The Morgan fingerprint density at radius 3 is 2.50 bits per heavy atom. The summed E-state index contributed by atoms with van der Waals surface area (Å²) in [4.78, 5) is 23.0. The zero-order valence-electron chi connectivity index (χ0n) is 16.4. The number of carbonyl (C=O) groups is 1. The van der Waals surface area contributed by atoms with Gasteiger partial charge in [0.1, 0.15) is 17.4 Å². The van der Waals surface area contributed by atoms with Crippen LogP contribution in [-0.2, 0) is 0 Å². The summed E-state index contributed by atoms with van der Waals surface area (Å²) >= 11 is 0. The molecule has 10 nitrogen and oxygen atoms in total. The number of aromatic amines is 1. The summed E-state index contributed by atoms with van der Waals surface area (Å²) in [6.07, 6.45) is 3.32. The summed E-state index contributed by atoms with van der Waals surface area (Å²) in [5.74, 6) is -0.814. The molecule has 0 spiro atoms. The second kappa shape index (κ2) is 8.48. The summed E-state index contributed by atoms with van der Waals surface area (Å²) in [5, 5.41) is 27.0. The largest absolute Gasteiger partial charge is 0.504 e. The van der Waals surface area contributed by atoms with E-state index in [-0.39, 0.29) is 34.7 Å². The molecule has 0 atom stereocenters. The van der Waals surface area contributed by atoms with Gasteiger partial charge in [-0.1, -0.05) is 12.1 Å². The molecule has 0 saturated carbocycles. The topological polar surface area (TPSA) is 167 Å². The van der Waals surface area contributed by atoms with Crippen molar-refractivity contribution in [3.63, 3.8) is 0 Å². The number of hydrogen-bond donors (Lipinski definition) is 5. The first-order valence-electron chi connectivity index (χ1n) is 9.27. The highest BCUT2D eigenvalue weighted by molar-refractivity contribution is 5.95. The van der Waals surface area contributed by atoms with Gasteiger partial charge >= 0.3 is 5.97 Å². The fourth-order valence-electron chi connectivity index (χ4n) is 2.84. The summed E-state index contributed by atoms with van der Waals surface area (Å²) in [7, 11) is 0. The lowest BCUT2D eigenvalue weighted by atomic mass is 10.2. The van der Waals surface area contributed by atoms with E-state index in [0.29, 0.717) is 17.1 Å². The van der Waals surface area contributed by atoms with Crippen molar-refractivity contribution in [1.82, 2.24) is 15.0 Å². The molecular weight excluding hydrogens is 414 g/mol. The number of carboxylic acid groups (broad SMARTS) is 1. The third-order valence-electron chi connectivity index (χ3n) is 4.34. The SMILES string of the molecule is N=C(N)c1ccc(O)c(Oc2cc(C(=O)O)cc(Oc3cccc(-c4ncc[nH]4)c3)n2)c1. The number of aromatic carboxylic acids is 1. The second-order valence-corrected chi connectivity index (χ2v) is 6.60. The Labute approximate surface area is 181 Å². The van der Waals surface area contributed by atoms with Crippen LogP contribution in [-0.4, -0.2) is 37.0 Å². The second-order valence-electron chi connectivity index (χ2n) is 6.60. The average Bonchev–Trinajstić information content (AvgIpc) is 3.30. The minimum absolute atomic E-state index is 0.0290. The predicted octanol–water partition coefficient (Wildman–Crippen LogP) is 3.74. The Bertz CT molecular complexity index is 1300. The number of amidine groups is 1. The van der Waals surface area contributed by atoms with E-state index in [2.05, 4.69) is 15.0 Å². The molecule has 0 unspecified atom stereocenters. The first-order chi connectivity index (χ1) is 15.4. The van der Waals surface area contributed by atoms with Crippen LogP contribution in [0.5, 0.6) is 29.0 Å². The van der Waals surface area contributed by atoms with Crippen molar-refractivity contribution in [1.29, 1.82) is 5.41 Å². The molecule has 0 fully saturated rings. The van der Waals surface area contributed by atoms with Gasteiger partial charge in [0.15, 0.2) is 11.5 Å². The minimum atomic E-state index is -1.21. The number of nitrogen functional groups attached to an aromatic ring is 1. The Hall–Kier alpha value is -4.86. The molecule has 6 N–H and O–H groups in total. The Balaban J connectivity index is 1.66. The number of carboxylic acids is 1. The molecule has 0 saturated heterocycles. The Morgan fingerprint density at radius 1 is 1.03 bits per heavy atom. The number of nitrogens with two attached hydrogens (primary N) is 1. The average molecular weight is 431 g/mol. The number of phenols is 1. The molecular formula is C22H17N5O5. The highest BCUT2D eigenvalue weighted by Gasteiger charge is 2.14. The van der Waals surface area contributed by atoms with Crippen LogP contribution in [0, 0.1) is 5.41 Å². The number of imidazole rings is 1. The maximum atomic E-state index is 11.6. The first-order valence-corrected chi connectivity index (χ1v) is 9.27. The number of nitrogens with one attached hydrogen (secondary N) is 2. The molecule has 0 bridgehead atoms. The van der Waals surface area contributed by atoms with E-state index >= 15 is 0 Å². The van der Waals surface area contributed by atoms with Gasteiger partial charge in [-0.2, -0.15) is 4.98 Å². The third-order valence-corrected chi connectivity index (χ3v) is 4.34. The number of rotatable bonds is 7. The highest BCUT2D eigenvalue weighted by Crippen LogP contribution is 2.33. The van der Waals surface area contributed by atoms with Gasteiger partial charge < -0.3 is 30.4 Å². The molecule has 0 aliphatic heterocycles. The fraction of sp³-hybridized carbons (Fsp3) is 0. The monoisotopic (exact) mass is 431 g/mol. The van der Waals surface area contributed by atoms with Crippen LogP contribution in [0.15, 0.2) is 67.0 Å². The quantitative estimate of drug-likeness (QED) is 0.218. The molecule has 10 heteroatoms. The van der Waals surface area contributed by atoms with Gasteiger partial charge in [0.2, 0.25) is 11.8 Å². The summed E-state index contributed by atoms with van der Waals surface area (Å²) in [6.45, 7) is 0. The van der Waals surface area contributed by atoms with Crippen molar-refractivity contribution in [3.05, 3.63) is 78.1 Å². The number of H-pyrrole nitrogens is 1. The van der Waals surface area contributed by atoms with Gasteiger partial charge in [-0.3, -0.25) is 5.41 Å². The number of ether oxygens (including phenoxy) is 2. The van der Waals surface area contributed by atoms with Crippen molar-refractivity contribution in [3.8, 4) is 40.4 Å². The van der Waals surface area contributed by atoms with Crippen molar-refractivity contribution >= 4 is 11.8 Å². The number of aromatic hydroxyl groups is 1. The standard InChI is InChI=1S/C22H17N5O5/c23-20(24)12-4-5-16(28)17(9-12)32-19-11-14(22(29)30)10-18(27-19)31-15-3-1-2-13(8-15)21-25-6-7-26-21/h1-11,28H,(H3,23,24)(H,25,26)(H,29,30). The lowest BCUT2D eigenvalue weighted by molar-refractivity contribution is 0.0696. The zero-order chi connectivity index (χ0) is 22.7. The number of hydrogen-bond acceptors (Lipinski definition) is 7. The van der Waals surface area contributed by atoms with Crippen LogP contribution < -0.4 is 15.2 Å². The smallest absolute Gasteiger partial charge is 0.336 e. The van der Waals surface area contributed by atoms with Gasteiger partial charge in [-0.05, 0) is 30.3 Å². The molecule has 2 aromatic heterocycles. The van der Waals surface area contributed by atoms with E-state index in [9.17, 15) is 15.0 Å². The van der Waals surface area contributed by atoms with Crippen LogP contribution >= 0.6 is 0 Å². The Kier molecular flexibility index (Phi) is 5.41. The van der Waals surface area contributed by atoms with Crippen molar-refractivity contribution < 1.29 is 24.5 Å². The first kappa shape index (κ1) is 20.4. The lowest BCUT2D eigenvalue weighted by Crippen LogP contribution is -2.10. The molecule has 0 aliphatic carbocycles. The highest BCUT2D eigenvalue weighted by atomic mass is 16.5. The third kappa shape index (κ3) is 4.49. The van der Waals surface area contributed by atoms with Gasteiger partial charge in [0.05, 0.1) is 5.56 Å². The summed E-state index contributed by atoms with van der Waals surface area (Å²) in [5.41, 5.74) is 6.43. The molecule has 0 aliphatic rings. The molecule has 0 radical (unpaired) electrons. The molecule has 0 amide bonds. The molecule has 2 heterocycles. The van der Waals surface area contributed by atoms with Crippen LogP contribution in [0.4, 0.5) is 0 Å². The van der Waals surface area contributed by atoms with E-state index in [1.807, 2.05) is 6.07 Å². The lowest BCUT2D eigenvalue weighted by Gasteiger charge is -2.11. The number of nitrogens with zero attached hydrogens (tertiary/aromatic N) is 2. The molecule has 4 aromatic rings. The normalized spacial score (nSPS) is 10.5. The van der Waals surface area contributed by atoms with Crippen LogP contribution in [0.3, 0.4) is 0 Å². The molecule has 160 valence electrons. The molecule has 32 heavy (non-hydrogen) atoms. The number of pyridine rings is 1. The summed E-state index contributed by atoms with van der Waals surface area (Å²) < 4.78 is 11.3. The summed E-state index contributed by atoms with van der Waals surface area (Å²) in [6, 6.07) is 13.6. The minimum Gasteiger partial charge on any atom is -0.504 e. The number of phenolic OH excluding ortho intramolecular Hbond substituents is 1. The maximum Gasteiger partial charge on any atom is 0.336 e. The molecule has 4 rings (SSSR count). The van der Waals surface area contributed by atoms with Crippen molar-refractivity contribution in [2.75, 3.05) is 0 Å². The fourth-order valence-corrected chi connectivity index (χ4v) is 2.84. The zero-order valence-corrected chi connectivity index (χ0v) is 16.4. The van der Waals surface area contributed by atoms with E-state index in [4.69, 9.17) is 20.6 Å². The number of benzene rings is 2. The maximum absolute atomic E-state index is 11.6. The van der Waals surface area contributed by atoms with Crippen LogP contribution in [0.2, 0.25) is 0 Å².